The van der Waals surface area contributed by atoms with Crippen molar-refractivity contribution in [2.75, 3.05) is 0 Å². The maximum absolute atomic E-state index is 2.35. The van der Waals surface area contributed by atoms with Gasteiger partial charge in [-0.2, -0.15) is 0 Å². The minimum absolute atomic E-state index is 0.787. The Morgan fingerprint density at radius 1 is 0.352 bits per heavy atom. The van der Waals surface area contributed by atoms with Crippen molar-refractivity contribution < 1.29 is 0 Å². The predicted octanol–water partition coefficient (Wildman–Crippen LogP) is 20.2. The van der Waals surface area contributed by atoms with Gasteiger partial charge in [0.15, 0.2) is 0 Å². The van der Waals surface area contributed by atoms with Gasteiger partial charge in [-0.3, -0.25) is 0 Å². The average molecular weight is 937 g/mol. The molecule has 0 heterocycles. The molecule has 2 atom stereocenters. The first kappa shape index (κ1) is 54.1. The Bertz CT molecular complexity index is 3090. The van der Waals surface area contributed by atoms with Crippen LogP contribution in [0.15, 0.2) is 170 Å². The third-order valence-electron chi connectivity index (χ3n) is 15.3. The van der Waals surface area contributed by atoms with Crippen molar-refractivity contribution in [3.05, 3.63) is 248 Å². The first-order valence-corrected chi connectivity index (χ1v) is 27.0. The molecular weight excluding hydrogens is 853 g/mol. The number of fused-ring (bicyclic) bond motifs is 5. The molecule has 9 aromatic carbocycles. The van der Waals surface area contributed by atoms with Crippen molar-refractivity contribution in [2.45, 2.75) is 153 Å². The molecule has 0 saturated heterocycles. The zero-order valence-electron chi connectivity index (χ0n) is 45.7. The summed E-state index contributed by atoms with van der Waals surface area (Å²) in [5.41, 5.74) is 20.9. The van der Waals surface area contributed by atoms with Crippen LogP contribution in [0, 0.1) is 41.5 Å². The monoisotopic (exact) mass is 937 g/mol. The normalized spacial score (nSPS) is 14.1. The van der Waals surface area contributed by atoms with Crippen LogP contribution in [-0.4, -0.2) is 0 Å². The lowest BCUT2D eigenvalue weighted by molar-refractivity contribution is 0.587. The lowest BCUT2D eigenvalue weighted by Gasteiger charge is -2.24. The maximum Gasteiger partial charge on any atom is -0.0149 e. The number of aryl methyl sites for hydroxylation is 12. The Morgan fingerprint density at radius 3 is 1.42 bits per heavy atom. The van der Waals surface area contributed by atoms with E-state index in [4.69, 9.17) is 0 Å². The summed E-state index contributed by atoms with van der Waals surface area (Å²) in [6.07, 6.45) is 11.2. The molecule has 0 aliphatic heterocycles. The van der Waals surface area contributed by atoms with Crippen LogP contribution < -0.4 is 0 Å². The molecule has 0 saturated carbocycles. The first-order valence-electron chi connectivity index (χ1n) is 27.0. The van der Waals surface area contributed by atoms with Crippen molar-refractivity contribution in [3.63, 3.8) is 0 Å². The Hall–Kier alpha value is -6.24. The zero-order valence-corrected chi connectivity index (χ0v) is 45.7. The summed E-state index contributed by atoms with van der Waals surface area (Å²) in [5.74, 6) is 1.58. The maximum atomic E-state index is 2.35. The smallest absolute Gasteiger partial charge is 0.0149 e. The minimum Gasteiger partial charge on any atom is -0.0620 e. The van der Waals surface area contributed by atoms with E-state index in [2.05, 4.69) is 253 Å². The van der Waals surface area contributed by atoms with Crippen LogP contribution in [0.1, 0.15) is 151 Å². The molecule has 0 aromatic heterocycles. The van der Waals surface area contributed by atoms with Gasteiger partial charge in [0.05, 0.1) is 0 Å². The molecule has 0 spiro atoms. The van der Waals surface area contributed by atoms with E-state index in [1.807, 2.05) is 0 Å². The molecule has 368 valence electrons. The summed E-state index contributed by atoms with van der Waals surface area (Å²) in [5, 5.41) is 8.19. The van der Waals surface area contributed by atoms with Gasteiger partial charge in [-0.1, -0.05) is 211 Å². The number of hydrogen-bond acceptors (Lipinski definition) is 0. The van der Waals surface area contributed by atoms with Gasteiger partial charge in [-0.15, -0.1) is 0 Å². The quantitative estimate of drug-likeness (QED) is 0.165. The Morgan fingerprint density at radius 2 is 0.845 bits per heavy atom. The van der Waals surface area contributed by atoms with Crippen LogP contribution in [0.4, 0.5) is 0 Å². The fraction of sp³-hybridized carbons (Fsp3) is 0.324. The fourth-order valence-corrected chi connectivity index (χ4v) is 11.1. The molecule has 2 unspecified atom stereocenters. The van der Waals surface area contributed by atoms with Crippen LogP contribution in [-0.2, 0) is 38.5 Å². The topological polar surface area (TPSA) is 0 Å². The highest BCUT2D eigenvalue weighted by Gasteiger charge is 2.19. The molecule has 9 aromatic rings. The molecule has 11 rings (SSSR count). The van der Waals surface area contributed by atoms with Crippen LogP contribution in [0.3, 0.4) is 0 Å². The van der Waals surface area contributed by atoms with E-state index < -0.39 is 0 Å². The Kier molecular flexibility index (Phi) is 20.4. The fourth-order valence-electron chi connectivity index (χ4n) is 11.1. The molecule has 2 aliphatic rings. The predicted molar refractivity (Wildman–Crippen MR) is 315 cm³/mol. The van der Waals surface area contributed by atoms with Crippen molar-refractivity contribution in [1.82, 2.24) is 0 Å². The van der Waals surface area contributed by atoms with Gasteiger partial charge in [0.1, 0.15) is 0 Å². The summed E-state index contributed by atoms with van der Waals surface area (Å²) in [7, 11) is 0. The van der Waals surface area contributed by atoms with Crippen molar-refractivity contribution in [1.29, 1.82) is 0 Å². The van der Waals surface area contributed by atoms with E-state index in [0.717, 1.165) is 37.5 Å². The molecule has 71 heavy (non-hydrogen) atoms. The van der Waals surface area contributed by atoms with Crippen LogP contribution in [0.2, 0.25) is 0 Å². The van der Waals surface area contributed by atoms with Gasteiger partial charge in [0, 0.05) is 0 Å². The molecule has 0 amide bonds. The summed E-state index contributed by atoms with van der Waals surface area (Å²) < 4.78 is 0. The van der Waals surface area contributed by atoms with E-state index in [1.165, 1.54) is 120 Å². The summed E-state index contributed by atoms with van der Waals surface area (Å²) in [6, 6.07) is 61.0. The van der Waals surface area contributed by atoms with Gasteiger partial charge in [0.2, 0.25) is 0 Å². The highest BCUT2D eigenvalue weighted by molar-refractivity contribution is 5.87. The average Bonchev–Trinajstić information content (AvgIpc) is 3.78. The highest BCUT2D eigenvalue weighted by atomic mass is 14.2. The molecule has 0 bridgehead atoms. The van der Waals surface area contributed by atoms with E-state index in [1.54, 1.807) is 22.3 Å². The van der Waals surface area contributed by atoms with Gasteiger partial charge in [-0.25, -0.2) is 0 Å². The third kappa shape index (κ3) is 14.2. The molecule has 2 aliphatic carbocycles. The van der Waals surface area contributed by atoms with Crippen molar-refractivity contribution in [2.24, 2.45) is 0 Å². The molecule has 0 heteroatoms. The minimum atomic E-state index is 0.787. The second-order valence-corrected chi connectivity index (χ2v) is 20.1. The van der Waals surface area contributed by atoms with E-state index in [0.29, 0.717) is 0 Å². The first-order chi connectivity index (χ1) is 34.4. The largest absolute Gasteiger partial charge is 0.0620 e. The second kappa shape index (κ2) is 26.8. The summed E-state index contributed by atoms with van der Waals surface area (Å²) >= 11 is 0. The van der Waals surface area contributed by atoms with Crippen LogP contribution >= 0.6 is 0 Å². The summed E-state index contributed by atoms with van der Waals surface area (Å²) in [6.45, 7) is 26.7. The van der Waals surface area contributed by atoms with Crippen LogP contribution in [0.5, 0.6) is 0 Å². The molecule has 0 radical (unpaired) electrons. The number of benzene rings is 9. The number of rotatable bonds is 4. The van der Waals surface area contributed by atoms with Gasteiger partial charge in [0.25, 0.3) is 0 Å². The molecule has 0 nitrogen and oxygen atoms in total. The lowest BCUT2D eigenvalue weighted by atomic mass is 9.82. The van der Waals surface area contributed by atoms with Crippen molar-refractivity contribution >= 4 is 32.3 Å². The standard InChI is InChI=1S/3C13H14.C12H16.C11H14.C9H12/c1-3-11-9-13-7-5-4-6-12(13)8-10(11)2;1-3-11-8-9-12-6-4-5-7-13(12)10(11)2;1-3-12-10(2)8-9-11-6-4-5-7-13(11)12;1-9-5-3-7-11-8-4-6-10(2)12(9)11;1-8-4-3-5-10-7-6-9(2)11(8)10;1-3-9-7-5-4-6-8(9)2/h3*4-9H,3H2,1-2H3;3,5,7,10H,4,6,8H2,1-2H3;3-5,9H,6-7H2,1-2H3;4-7H,3H2,1-2H3. The SMILES string of the molecule is CCc1c(C)ccc2ccccc12.CCc1cc2ccccc2cc1C.CCc1ccc2ccccc2c1C.CCc1ccccc1C.Cc1cccc2c1C(C)CC2.Cc1cccc2c1C(C)CCC2. The van der Waals surface area contributed by atoms with Crippen LogP contribution in [0.25, 0.3) is 32.3 Å². The Balaban J connectivity index is 0.000000140. The third-order valence-corrected chi connectivity index (χ3v) is 15.3. The lowest BCUT2D eigenvalue weighted by Crippen LogP contribution is -2.08. The molecule has 0 fully saturated rings. The zero-order chi connectivity index (χ0) is 50.9. The van der Waals surface area contributed by atoms with Crippen molar-refractivity contribution in [3.8, 4) is 0 Å². The van der Waals surface area contributed by atoms with Gasteiger partial charge >= 0.3 is 0 Å². The summed E-state index contributed by atoms with van der Waals surface area (Å²) in [4.78, 5) is 0. The van der Waals surface area contributed by atoms with Gasteiger partial charge < -0.3 is 0 Å². The molecule has 0 N–H and O–H groups in total. The van der Waals surface area contributed by atoms with E-state index >= 15 is 0 Å². The van der Waals surface area contributed by atoms with E-state index in [9.17, 15) is 0 Å². The second-order valence-electron chi connectivity index (χ2n) is 20.1. The highest BCUT2D eigenvalue weighted by Crippen LogP contribution is 2.35. The van der Waals surface area contributed by atoms with Gasteiger partial charge in [-0.05, 0) is 221 Å². The number of hydrogen-bond donors (Lipinski definition) is 0. The Labute approximate surface area is 430 Å². The van der Waals surface area contributed by atoms with E-state index in [-0.39, 0.29) is 0 Å². The molecular formula is C71H84.